The molecule has 104 valence electrons. The van der Waals surface area contributed by atoms with E-state index < -0.39 is 0 Å². The molecule has 0 aliphatic carbocycles. The average molecular weight is 283 g/mol. The number of amides is 1. The molecule has 1 amide bonds. The number of nitrogens with zero attached hydrogens (tertiary/aromatic N) is 4. The number of hydrogen-bond acceptors (Lipinski definition) is 4. The van der Waals surface area contributed by atoms with Crippen LogP contribution in [0.3, 0.4) is 0 Å². The first-order valence-corrected chi connectivity index (χ1v) is 7.04. The molecule has 0 bridgehead atoms. The topological polar surface area (TPSA) is 49.3 Å². The molecule has 0 N–H and O–H groups in total. The summed E-state index contributed by atoms with van der Waals surface area (Å²) in [6.07, 6.45) is 3.87. The minimum Gasteiger partial charge on any atom is -0.336 e. The molecule has 5 nitrogen and oxygen atoms in total. The largest absolute Gasteiger partial charge is 0.336 e. The molecule has 6 heteroatoms. The average Bonchev–Trinajstić information content (AvgIpc) is 2.90. The van der Waals surface area contributed by atoms with E-state index in [9.17, 15) is 4.79 Å². The molecule has 0 radical (unpaired) electrons. The number of aromatic nitrogens is 2. The van der Waals surface area contributed by atoms with E-state index in [1.807, 2.05) is 4.90 Å². The SMILES string of the molecule is CCN(CC)C1CCN(C(=O)c2cnc(Cl)cn2)C1. The number of halogens is 1. The highest BCUT2D eigenvalue weighted by Gasteiger charge is 2.30. The summed E-state index contributed by atoms with van der Waals surface area (Å²) in [5.74, 6) is -0.0566. The number of carbonyl (C=O) groups excluding carboxylic acids is 1. The smallest absolute Gasteiger partial charge is 0.274 e. The Morgan fingerprint density at radius 2 is 2.16 bits per heavy atom. The van der Waals surface area contributed by atoms with Gasteiger partial charge in [-0.15, -0.1) is 0 Å². The zero-order valence-corrected chi connectivity index (χ0v) is 12.1. The summed E-state index contributed by atoms with van der Waals surface area (Å²) in [7, 11) is 0. The van der Waals surface area contributed by atoms with Gasteiger partial charge in [0.05, 0.1) is 12.4 Å². The summed E-state index contributed by atoms with van der Waals surface area (Å²) in [6.45, 7) is 7.89. The van der Waals surface area contributed by atoms with Crippen molar-refractivity contribution in [2.24, 2.45) is 0 Å². The van der Waals surface area contributed by atoms with E-state index in [-0.39, 0.29) is 5.91 Å². The predicted molar refractivity (Wildman–Crippen MR) is 74.3 cm³/mol. The second-order valence-electron chi connectivity index (χ2n) is 4.64. The lowest BCUT2D eigenvalue weighted by Gasteiger charge is -2.26. The van der Waals surface area contributed by atoms with Gasteiger partial charge in [-0.3, -0.25) is 9.69 Å². The quantitative estimate of drug-likeness (QED) is 0.843. The number of hydrogen-bond donors (Lipinski definition) is 0. The molecule has 1 fully saturated rings. The van der Waals surface area contributed by atoms with E-state index in [1.54, 1.807) is 0 Å². The Morgan fingerprint density at radius 1 is 1.42 bits per heavy atom. The Hall–Kier alpha value is -1.20. The number of likely N-dealkylation sites (tertiary alicyclic amines) is 1. The van der Waals surface area contributed by atoms with E-state index in [0.29, 0.717) is 16.9 Å². The van der Waals surface area contributed by atoms with Crippen molar-refractivity contribution >= 4 is 17.5 Å². The molecule has 1 aromatic rings. The van der Waals surface area contributed by atoms with Gasteiger partial charge in [0.2, 0.25) is 0 Å². The third-order valence-corrected chi connectivity index (χ3v) is 3.81. The lowest BCUT2D eigenvalue weighted by molar-refractivity contribution is 0.0771. The van der Waals surface area contributed by atoms with Crippen LogP contribution in [0.2, 0.25) is 5.15 Å². The molecule has 1 aromatic heterocycles. The molecule has 0 aromatic carbocycles. The summed E-state index contributed by atoms with van der Waals surface area (Å²) in [5, 5.41) is 0.305. The fourth-order valence-corrected chi connectivity index (χ4v) is 2.65. The molecular formula is C13H19ClN4O. The number of rotatable bonds is 4. The standard InChI is InChI=1S/C13H19ClN4O/c1-3-17(4-2)10-5-6-18(9-10)13(19)11-7-16-12(14)8-15-11/h7-8,10H,3-6,9H2,1-2H3. The highest BCUT2D eigenvalue weighted by Crippen LogP contribution is 2.17. The predicted octanol–water partition coefficient (Wildman–Crippen LogP) is 1.69. The zero-order chi connectivity index (χ0) is 13.8. The second kappa shape index (κ2) is 6.30. The molecular weight excluding hydrogens is 264 g/mol. The molecule has 19 heavy (non-hydrogen) atoms. The molecule has 0 saturated carbocycles. The van der Waals surface area contributed by atoms with Gasteiger partial charge < -0.3 is 4.90 Å². The monoisotopic (exact) mass is 282 g/mol. The molecule has 1 saturated heterocycles. The van der Waals surface area contributed by atoms with Crippen LogP contribution in [-0.2, 0) is 0 Å². The third kappa shape index (κ3) is 3.22. The summed E-state index contributed by atoms with van der Waals surface area (Å²) in [4.78, 5) is 24.4. The Labute approximate surface area is 118 Å². The van der Waals surface area contributed by atoms with Gasteiger partial charge in [-0.05, 0) is 19.5 Å². The van der Waals surface area contributed by atoms with Crippen molar-refractivity contribution in [1.82, 2.24) is 19.8 Å². The van der Waals surface area contributed by atoms with Gasteiger partial charge in [-0.25, -0.2) is 9.97 Å². The summed E-state index contributed by atoms with van der Waals surface area (Å²) in [5.41, 5.74) is 0.365. The van der Waals surface area contributed by atoms with Gasteiger partial charge in [0, 0.05) is 19.1 Å². The maximum atomic E-state index is 12.3. The van der Waals surface area contributed by atoms with Crippen LogP contribution in [0.1, 0.15) is 30.8 Å². The minimum atomic E-state index is -0.0566. The van der Waals surface area contributed by atoms with Crippen LogP contribution in [-0.4, -0.2) is 57.9 Å². The van der Waals surface area contributed by atoms with Crippen molar-refractivity contribution in [2.45, 2.75) is 26.3 Å². The van der Waals surface area contributed by atoms with Crippen molar-refractivity contribution in [3.05, 3.63) is 23.2 Å². The van der Waals surface area contributed by atoms with Crippen molar-refractivity contribution in [3.8, 4) is 0 Å². The first-order chi connectivity index (χ1) is 9.15. The highest BCUT2D eigenvalue weighted by atomic mass is 35.5. The first-order valence-electron chi connectivity index (χ1n) is 6.66. The van der Waals surface area contributed by atoms with Crippen molar-refractivity contribution in [1.29, 1.82) is 0 Å². The fraction of sp³-hybridized carbons (Fsp3) is 0.615. The fourth-order valence-electron chi connectivity index (χ4n) is 2.55. The lowest BCUT2D eigenvalue weighted by atomic mass is 10.2. The van der Waals surface area contributed by atoms with Gasteiger partial charge >= 0.3 is 0 Å². The Kier molecular flexibility index (Phi) is 4.71. The molecule has 2 heterocycles. The second-order valence-corrected chi connectivity index (χ2v) is 5.03. The van der Waals surface area contributed by atoms with Gasteiger partial charge in [0.15, 0.2) is 0 Å². The van der Waals surface area contributed by atoms with Crippen molar-refractivity contribution in [3.63, 3.8) is 0 Å². The maximum absolute atomic E-state index is 12.3. The molecule has 1 unspecified atom stereocenters. The van der Waals surface area contributed by atoms with Crippen LogP contribution in [0.15, 0.2) is 12.4 Å². The highest BCUT2D eigenvalue weighted by molar-refractivity contribution is 6.29. The summed E-state index contributed by atoms with van der Waals surface area (Å²) < 4.78 is 0. The van der Waals surface area contributed by atoms with Crippen LogP contribution in [0.4, 0.5) is 0 Å². The molecule has 1 aliphatic rings. The van der Waals surface area contributed by atoms with Gasteiger partial charge in [-0.1, -0.05) is 25.4 Å². The van der Waals surface area contributed by atoms with Crippen LogP contribution in [0.25, 0.3) is 0 Å². The molecule has 1 aliphatic heterocycles. The Balaban J connectivity index is 2.00. The zero-order valence-electron chi connectivity index (χ0n) is 11.3. The van der Waals surface area contributed by atoms with E-state index >= 15 is 0 Å². The first kappa shape index (κ1) is 14.2. The Bertz CT molecular complexity index is 433. The van der Waals surface area contributed by atoms with E-state index in [2.05, 4.69) is 28.7 Å². The van der Waals surface area contributed by atoms with E-state index in [4.69, 9.17) is 11.6 Å². The molecule has 2 rings (SSSR count). The Morgan fingerprint density at radius 3 is 2.74 bits per heavy atom. The lowest BCUT2D eigenvalue weighted by Crippen LogP contribution is -2.38. The van der Waals surface area contributed by atoms with Gasteiger partial charge in [0.1, 0.15) is 10.8 Å². The third-order valence-electron chi connectivity index (χ3n) is 3.62. The molecule has 0 spiro atoms. The van der Waals surface area contributed by atoms with E-state index in [1.165, 1.54) is 12.4 Å². The van der Waals surface area contributed by atoms with Gasteiger partial charge in [-0.2, -0.15) is 0 Å². The number of carbonyl (C=O) groups is 1. The van der Waals surface area contributed by atoms with Crippen LogP contribution in [0, 0.1) is 0 Å². The number of likely N-dealkylation sites (N-methyl/N-ethyl adjacent to an activating group) is 1. The van der Waals surface area contributed by atoms with Crippen molar-refractivity contribution < 1.29 is 4.79 Å². The minimum absolute atomic E-state index is 0.0566. The summed E-state index contributed by atoms with van der Waals surface area (Å²) in [6, 6.07) is 0.458. The van der Waals surface area contributed by atoms with Gasteiger partial charge in [0.25, 0.3) is 5.91 Å². The maximum Gasteiger partial charge on any atom is 0.274 e. The van der Waals surface area contributed by atoms with E-state index in [0.717, 1.165) is 32.6 Å². The summed E-state index contributed by atoms with van der Waals surface area (Å²) >= 11 is 5.67. The van der Waals surface area contributed by atoms with Crippen molar-refractivity contribution in [2.75, 3.05) is 26.2 Å². The van der Waals surface area contributed by atoms with Crippen LogP contribution >= 0.6 is 11.6 Å². The normalized spacial score (nSPS) is 19.2. The molecule has 1 atom stereocenters. The van der Waals surface area contributed by atoms with Crippen LogP contribution in [0.5, 0.6) is 0 Å². The van der Waals surface area contributed by atoms with Crippen LogP contribution < -0.4 is 0 Å².